The summed E-state index contributed by atoms with van der Waals surface area (Å²) >= 11 is 0. The first kappa shape index (κ1) is 25.5. The van der Waals surface area contributed by atoms with Gasteiger partial charge in [0.05, 0.1) is 6.04 Å². The zero-order valence-electron chi connectivity index (χ0n) is 17.1. The van der Waals surface area contributed by atoms with Crippen molar-refractivity contribution in [1.82, 2.24) is 10.2 Å². The number of aliphatic carboxylic acids is 2. The number of carboxylic acids is 2. The molecule has 1 heterocycles. The van der Waals surface area contributed by atoms with Crippen molar-refractivity contribution in [2.75, 3.05) is 13.1 Å². The number of carboxylic acid groups (broad SMARTS) is 2. The van der Waals surface area contributed by atoms with Crippen LogP contribution in [0, 0.1) is 0 Å². The van der Waals surface area contributed by atoms with Crippen LogP contribution in [0.3, 0.4) is 0 Å². The van der Waals surface area contributed by atoms with Gasteiger partial charge in [-0.2, -0.15) is 0 Å². The van der Waals surface area contributed by atoms with Crippen molar-refractivity contribution >= 4 is 17.8 Å². The molecule has 0 aliphatic carbocycles. The van der Waals surface area contributed by atoms with E-state index in [9.17, 15) is 24.6 Å². The Balaban J connectivity index is 0.00000450. The van der Waals surface area contributed by atoms with Gasteiger partial charge in [-0.25, -0.2) is 4.79 Å². The van der Waals surface area contributed by atoms with Crippen molar-refractivity contribution in [2.45, 2.75) is 63.1 Å². The monoisotopic (exact) mass is 423 g/mol. The number of carbonyl (C=O) groups excluding carboxylic acids is 1. The summed E-state index contributed by atoms with van der Waals surface area (Å²) in [6, 6.07) is 7.10. The molecule has 9 heteroatoms. The van der Waals surface area contributed by atoms with E-state index in [0.717, 1.165) is 12.0 Å². The molecule has 1 aliphatic heterocycles. The van der Waals surface area contributed by atoms with Crippen molar-refractivity contribution in [3.8, 4) is 0 Å². The molecule has 0 spiro atoms. The van der Waals surface area contributed by atoms with Gasteiger partial charge in [0.2, 0.25) is 5.91 Å². The summed E-state index contributed by atoms with van der Waals surface area (Å²) in [4.78, 5) is 37.7. The fraction of sp³-hybridized carbons (Fsp3) is 0.571. The molecule has 9 nitrogen and oxygen atoms in total. The van der Waals surface area contributed by atoms with Crippen molar-refractivity contribution in [2.24, 2.45) is 5.73 Å². The fourth-order valence-corrected chi connectivity index (χ4v) is 3.73. The lowest BCUT2D eigenvalue weighted by Gasteiger charge is -2.29. The van der Waals surface area contributed by atoms with Crippen LogP contribution in [0.15, 0.2) is 30.3 Å². The van der Waals surface area contributed by atoms with Gasteiger partial charge < -0.3 is 26.3 Å². The number of hydrogen-bond acceptors (Lipinski definition) is 5. The van der Waals surface area contributed by atoms with Crippen LogP contribution in [0.2, 0.25) is 0 Å². The minimum atomic E-state index is -1.02. The number of nitrogens with zero attached hydrogens (tertiary/aromatic N) is 1. The van der Waals surface area contributed by atoms with Crippen LogP contribution in [-0.2, 0) is 20.8 Å². The van der Waals surface area contributed by atoms with Crippen LogP contribution < -0.4 is 11.1 Å². The van der Waals surface area contributed by atoms with E-state index in [1.807, 2.05) is 30.3 Å². The molecule has 1 amide bonds. The maximum atomic E-state index is 13.1. The average Bonchev–Trinajstić information content (AvgIpc) is 3.20. The highest BCUT2D eigenvalue weighted by atomic mass is 16.4. The number of aryl methyl sites for hydroxylation is 1. The zero-order chi connectivity index (χ0) is 21.2. The van der Waals surface area contributed by atoms with Gasteiger partial charge in [-0.1, -0.05) is 36.8 Å². The van der Waals surface area contributed by atoms with Crippen molar-refractivity contribution in [3.63, 3.8) is 0 Å². The van der Waals surface area contributed by atoms with Gasteiger partial charge in [-0.15, -0.1) is 0 Å². The van der Waals surface area contributed by atoms with E-state index >= 15 is 0 Å². The highest BCUT2D eigenvalue weighted by Gasteiger charge is 2.38. The Kier molecular flexibility index (Phi) is 11.0. The van der Waals surface area contributed by atoms with Gasteiger partial charge in [-0.05, 0) is 50.6 Å². The van der Waals surface area contributed by atoms with Crippen molar-refractivity contribution < 1.29 is 30.1 Å². The Hall–Kier alpha value is -2.49. The molecule has 0 bridgehead atoms. The SMILES string of the molecule is NCCCCC(NC(CCc1ccccc1)C(=O)O)C(=O)N1CCCC1C(=O)O.O. The second-order valence-electron chi connectivity index (χ2n) is 7.45. The average molecular weight is 424 g/mol. The molecular formula is C21H33N3O6. The Morgan fingerprint density at radius 2 is 1.80 bits per heavy atom. The van der Waals surface area contributed by atoms with Crippen LogP contribution in [0.1, 0.15) is 44.1 Å². The number of hydrogen-bond donors (Lipinski definition) is 4. The minimum Gasteiger partial charge on any atom is -0.480 e. The molecule has 0 aromatic heterocycles. The Bertz CT molecular complexity index is 685. The van der Waals surface area contributed by atoms with E-state index in [-0.39, 0.29) is 11.4 Å². The number of amides is 1. The van der Waals surface area contributed by atoms with Crippen LogP contribution >= 0.6 is 0 Å². The Morgan fingerprint density at radius 1 is 1.10 bits per heavy atom. The predicted molar refractivity (Wildman–Crippen MR) is 112 cm³/mol. The summed E-state index contributed by atoms with van der Waals surface area (Å²) in [5.74, 6) is -2.37. The van der Waals surface area contributed by atoms with E-state index < -0.39 is 30.1 Å². The van der Waals surface area contributed by atoms with Gasteiger partial charge in [0, 0.05) is 6.54 Å². The second-order valence-corrected chi connectivity index (χ2v) is 7.45. The molecule has 1 aromatic carbocycles. The first-order chi connectivity index (χ1) is 13.9. The Labute approximate surface area is 176 Å². The third kappa shape index (κ3) is 7.40. The molecule has 1 aromatic rings. The third-order valence-electron chi connectivity index (χ3n) is 5.33. The van der Waals surface area contributed by atoms with Crippen molar-refractivity contribution in [3.05, 3.63) is 35.9 Å². The lowest BCUT2D eigenvalue weighted by atomic mass is 10.0. The zero-order valence-corrected chi connectivity index (χ0v) is 17.1. The second kappa shape index (κ2) is 12.9. The number of benzene rings is 1. The highest BCUT2D eigenvalue weighted by molar-refractivity contribution is 5.88. The van der Waals surface area contributed by atoms with Crippen LogP contribution in [0.5, 0.6) is 0 Å². The van der Waals surface area contributed by atoms with E-state index in [2.05, 4.69) is 5.32 Å². The molecule has 1 aliphatic rings. The maximum absolute atomic E-state index is 13.1. The largest absolute Gasteiger partial charge is 0.480 e. The van der Waals surface area contributed by atoms with Gasteiger partial charge >= 0.3 is 11.9 Å². The van der Waals surface area contributed by atoms with Crippen LogP contribution in [0.4, 0.5) is 0 Å². The molecule has 7 N–H and O–H groups in total. The first-order valence-corrected chi connectivity index (χ1v) is 10.2. The fourth-order valence-electron chi connectivity index (χ4n) is 3.73. The van der Waals surface area contributed by atoms with Crippen molar-refractivity contribution in [1.29, 1.82) is 0 Å². The molecule has 1 fully saturated rings. The summed E-state index contributed by atoms with van der Waals surface area (Å²) in [7, 11) is 0. The summed E-state index contributed by atoms with van der Waals surface area (Å²) < 4.78 is 0. The summed E-state index contributed by atoms with van der Waals surface area (Å²) in [5, 5.41) is 22.0. The molecule has 30 heavy (non-hydrogen) atoms. The molecule has 168 valence electrons. The molecule has 3 unspecified atom stereocenters. The van der Waals surface area contributed by atoms with Gasteiger partial charge in [-0.3, -0.25) is 14.9 Å². The molecule has 0 radical (unpaired) electrons. The third-order valence-corrected chi connectivity index (χ3v) is 5.33. The van der Waals surface area contributed by atoms with E-state index in [0.29, 0.717) is 51.6 Å². The number of rotatable bonds is 12. The smallest absolute Gasteiger partial charge is 0.326 e. The number of nitrogens with two attached hydrogens (primary N) is 1. The van der Waals surface area contributed by atoms with E-state index in [1.165, 1.54) is 4.90 Å². The summed E-state index contributed by atoms with van der Waals surface area (Å²) in [6.07, 6.45) is 3.76. The van der Waals surface area contributed by atoms with Gasteiger partial charge in [0.25, 0.3) is 0 Å². The minimum absolute atomic E-state index is 0. The lowest BCUT2D eigenvalue weighted by molar-refractivity contribution is -0.149. The molecule has 1 saturated heterocycles. The molecule has 3 atom stereocenters. The number of likely N-dealkylation sites (tertiary alicyclic amines) is 1. The maximum Gasteiger partial charge on any atom is 0.326 e. The van der Waals surface area contributed by atoms with Crippen LogP contribution in [-0.4, -0.2) is 69.6 Å². The topological polar surface area (TPSA) is 164 Å². The van der Waals surface area contributed by atoms with Gasteiger partial charge in [0.1, 0.15) is 12.1 Å². The quantitative estimate of drug-likeness (QED) is 0.353. The summed E-state index contributed by atoms with van der Waals surface area (Å²) in [6.45, 7) is 0.866. The van der Waals surface area contributed by atoms with Gasteiger partial charge in [0.15, 0.2) is 0 Å². The lowest BCUT2D eigenvalue weighted by Crippen LogP contribution is -2.54. The molecular weight excluding hydrogens is 390 g/mol. The predicted octanol–water partition coefficient (Wildman–Crippen LogP) is 0.411. The highest BCUT2D eigenvalue weighted by Crippen LogP contribution is 2.20. The summed E-state index contributed by atoms with van der Waals surface area (Å²) in [5.41, 5.74) is 6.57. The normalized spacial score (nSPS) is 17.8. The van der Waals surface area contributed by atoms with E-state index in [1.54, 1.807) is 0 Å². The van der Waals surface area contributed by atoms with E-state index in [4.69, 9.17) is 5.73 Å². The Morgan fingerprint density at radius 3 is 2.40 bits per heavy atom. The number of unbranched alkanes of at least 4 members (excludes halogenated alkanes) is 1. The van der Waals surface area contributed by atoms with Crippen LogP contribution in [0.25, 0.3) is 0 Å². The molecule has 2 rings (SSSR count). The number of carbonyl (C=O) groups is 3. The molecule has 0 saturated carbocycles. The number of nitrogens with one attached hydrogen (secondary N) is 1. The standard InChI is InChI=1S/C21H31N3O5.H2O/c22-13-5-4-9-16(19(25)24-14-6-10-18(24)21(28)29)23-17(20(26)27)12-11-15-7-2-1-3-8-15;/h1-3,7-8,16-18,23H,4-6,9-14,22H2,(H,26,27)(H,28,29);1H2. The first-order valence-electron chi connectivity index (χ1n) is 10.2.